The second kappa shape index (κ2) is 7.68. The van der Waals surface area contributed by atoms with Crippen LogP contribution in [0.2, 0.25) is 10.0 Å². The first-order valence-corrected chi connectivity index (χ1v) is 9.45. The lowest BCUT2D eigenvalue weighted by molar-refractivity contribution is -0.143. The molecule has 0 atom stereocenters. The fourth-order valence-electron chi connectivity index (χ4n) is 2.13. The summed E-state index contributed by atoms with van der Waals surface area (Å²) in [5.41, 5.74) is -6.36. The SMILES string of the molecule is O=S(=O)(Nc1cc(C(F)(F)F)c(Cl)cc1Cl)c1cc(C(F)(F)F)cc(C(F)(F)F)c1. The van der Waals surface area contributed by atoms with Gasteiger partial charge in [0.25, 0.3) is 10.0 Å². The van der Waals surface area contributed by atoms with Crippen LogP contribution in [-0.2, 0) is 28.6 Å². The van der Waals surface area contributed by atoms with Crippen molar-refractivity contribution >= 4 is 38.9 Å². The predicted molar refractivity (Wildman–Crippen MR) is 88.7 cm³/mol. The first-order chi connectivity index (χ1) is 13.3. The Bertz CT molecular complexity index is 1040. The largest absolute Gasteiger partial charge is 0.417 e. The van der Waals surface area contributed by atoms with Gasteiger partial charge in [0.2, 0.25) is 0 Å². The van der Waals surface area contributed by atoms with Gasteiger partial charge in [-0.15, -0.1) is 0 Å². The lowest BCUT2D eigenvalue weighted by Crippen LogP contribution is -2.18. The van der Waals surface area contributed by atoms with Crippen molar-refractivity contribution in [3.63, 3.8) is 0 Å². The summed E-state index contributed by atoms with van der Waals surface area (Å²) in [6.07, 6.45) is -15.7. The molecular formula is C15H6Cl2F9NO2S. The summed E-state index contributed by atoms with van der Waals surface area (Å²) in [4.78, 5) is -1.50. The molecule has 0 aliphatic heterocycles. The van der Waals surface area contributed by atoms with E-state index in [2.05, 4.69) is 0 Å². The Morgan fingerprint density at radius 3 is 1.53 bits per heavy atom. The third-order valence-electron chi connectivity index (χ3n) is 3.48. The molecule has 30 heavy (non-hydrogen) atoms. The zero-order valence-corrected chi connectivity index (χ0v) is 16.1. The number of hydrogen-bond acceptors (Lipinski definition) is 2. The fraction of sp³-hybridized carbons (Fsp3) is 0.200. The third kappa shape index (κ3) is 5.43. The van der Waals surface area contributed by atoms with Crippen molar-refractivity contribution in [2.24, 2.45) is 0 Å². The van der Waals surface area contributed by atoms with E-state index in [4.69, 9.17) is 23.2 Å². The topological polar surface area (TPSA) is 46.2 Å². The molecule has 0 amide bonds. The van der Waals surface area contributed by atoms with E-state index in [0.717, 1.165) is 0 Å². The quantitative estimate of drug-likeness (QED) is 0.463. The van der Waals surface area contributed by atoms with Crippen LogP contribution in [0.25, 0.3) is 0 Å². The number of nitrogens with one attached hydrogen (secondary N) is 1. The number of alkyl halides is 9. The monoisotopic (exact) mass is 505 g/mol. The summed E-state index contributed by atoms with van der Waals surface area (Å²) in [7, 11) is -5.22. The van der Waals surface area contributed by atoms with Crippen molar-refractivity contribution in [3.05, 3.63) is 57.1 Å². The molecular weight excluding hydrogens is 500 g/mol. The summed E-state index contributed by atoms with van der Waals surface area (Å²) in [6, 6.07) is 0.145. The van der Waals surface area contributed by atoms with Gasteiger partial charge in [0.05, 0.1) is 37.3 Å². The van der Waals surface area contributed by atoms with E-state index < -0.39 is 65.9 Å². The van der Waals surface area contributed by atoms with Gasteiger partial charge >= 0.3 is 18.5 Å². The van der Waals surface area contributed by atoms with Gasteiger partial charge in [0.1, 0.15) is 0 Å². The first-order valence-electron chi connectivity index (χ1n) is 7.21. The minimum Gasteiger partial charge on any atom is -0.278 e. The molecule has 1 N–H and O–H groups in total. The number of rotatable bonds is 3. The molecule has 3 nitrogen and oxygen atoms in total. The number of sulfonamides is 1. The molecule has 0 saturated carbocycles. The Morgan fingerprint density at radius 1 is 0.667 bits per heavy atom. The van der Waals surface area contributed by atoms with Crippen molar-refractivity contribution in [1.82, 2.24) is 0 Å². The molecule has 0 radical (unpaired) electrons. The zero-order valence-electron chi connectivity index (χ0n) is 13.8. The Balaban J connectivity index is 2.63. The van der Waals surface area contributed by atoms with E-state index in [0.29, 0.717) is 6.07 Å². The molecule has 0 unspecified atom stereocenters. The number of halogens is 11. The smallest absolute Gasteiger partial charge is 0.278 e. The lowest BCUT2D eigenvalue weighted by Gasteiger charge is -2.17. The van der Waals surface area contributed by atoms with Crippen LogP contribution in [-0.4, -0.2) is 8.42 Å². The predicted octanol–water partition coefficient (Wildman–Crippen LogP) is 6.85. The highest BCUT2D eigenvalue weighted by molar-refractivity contribution is 7.92. The van der Waals surface area contributed by atoms with E-state index in [1.54, 1.807) is 0 Å². The summed E-state index contributed by atoms with van der Waals surface area (Å²) < 4.78 is 142. The molecule has 0 spiro atoms. The van der Waals surface area contributed by atoms with Crippen LogP contribution in [0.3, 0.4) is 0 Å². The second-order valence-electron chi connectivity index (χ2n) is 5.66. The molecule has 0 heterocycles. The summed E-state index contributed by atoms with van der Waals surface area (Å²) in [5.74, 6) is 0. The molecule has 2 aromatic rings. The molecule has 2 aromatic carbocycles. The van der Waals surface area contributed by atoms with Crippen LogP contribution >= 0.6 is 23.2 Å². The van der Waals surface area contributed by atoms with E-state index in [-0.39, 0.29) is 24.3 Å². The second-order valence-corrected chi connectivity index (χ2v) is 8.15. The fourth-order valence-corrected chi connectivity index (χ4v) is 3.86. The van der Waals surface area contributed by atoms with Crippen molar-refractivity contribution < 1.29 is 47.9 Å². The third-order valence-corrected chi connectivity index (χ3v) is 5.45. The van der Waals surface area contributed by atoms with Gasteiger partial charge in [-0.3, -0.25) is 4.72 Å². The Kier molecular flexibility index (Phi) is 6.25. The maximum Gasteiger partial charge on any atom is 0.417 e. The average molecular weight is 506 g/mol. The van der Waals surface area contributed by atoms with Crippen LogP contribution in [0, 0.1) is 0 Å². The molecule has 0 aliphatic carbocycles. The molecule has 2 rings (SSSR count). The maximum absolute atomic E-state index is 12.9. The highest BCUT2D eigenvalue weighted by Crippen LogP contribution is 2.41. The van der Waals surface area contributed by atoms with Gasteiger partial charge in [-0.05, 0) is 30.3 Å². The summed E-state index contributed by atoms with van der Waals surface area (Å²) in [5, 5.41) is -1.59. The Hall–Kier alpha value is -1.86. The van der Waals surface area contributed by atoms with E-state index >= 15 is 0 Å². The van der Waals surface area contributed by atoms with Crippen molar-refractivity contribution in [3.8, 4) is 0 Å². The first kappa shape index (κ1) is 24.4. The molecule has 0 saturated heterocycles. The van der Waals surface area contributed by atoms with Gasteiger partial charge in [0, 0.05) is 0 Å². The Morgan fingerprint density at radius 2 is 1.13 bits per heavy atom. The van der Waals surface area contributed by atoms with E-state index in [1.807, 2.05) is 0 Å². The van der Waals surface area contributed by atoms with Crippen LogP contribution in [0.4, 0.5) is 45.2 Å². The van der Waals surface area contributed by atoms with Crippen LogP contribution in [0.1, 0.15) is 16.7 Å². The minimum absolute atomic E-state index is 0.105. The van der Waals surface area contributed by atoms with Crippen molar-refractivity contribution in [2.45, 2.75) is 23.4 Å². The minimum atomic E-state index is -5.34. The molecule has 0 aliphatic rings. The Labute approximate surface area is 172 Å². The van der Waals surface area contributed by atoms with Gasteiger partial charge in [-0.2, -0.15) is 39.5 Å². The summed E-state index contributed by atoms with van der Waals surface area (Å²) >= 11 is 11.0. The van der Waals surface area contributed by atoms with Crippen LogP contribution in [0.5, 0.6) is 0 Å². The molecule has 0 aromatic heterocycles. The molecule has 15 heteroatoms. The number of benzene rings is 2. The van der Waals surface area contributed by atoms with Gasteiger partial charge in [0.15, 0.2) is 0 Å². The van der Waals surface area contributed by atoms with Crippen LogP contribution < -0.4 is 4.72 Å². The van der Waals surface area contributed by atoms with Crippen LogP contribution in [0.15, 0.2) is 35.2 Å². The molecule has 0 bridgehead atoms. The van der Waals surface area contributed by atoms with E-state index in [1.165, 1.54) is 4.72 Å². The summed E-state index contributed by atoms with van der Waals surface area (Å²) in [6.45, 7) is 0. The lowest BCUT2D eigenvalue weighted by atomic mass is 10.1. The normalized spacial score (nSPS) is 13.4. The molecule has 0 fully saturated rings. The average Bonchev–Trinajstić information content (AvgIpc) is 2.54. The van der Waals surface area contributed by atoms with E-state index in [9.17, 15) is 47.9 Å². The standard InChI is InChI=1S/C15H6Cl2F9NO2S/c16-10-5-11(17)12(4-9(10)15(24,25)26)27-30(28,29)8-2-6(13(18,19)20)1-7(3-8)14(21,22)23/h1-5,27H. The van der Waals surface area contributed by atoms with Gasteiger partial charge in [-0.1, -0.05) is 23.2 Å². The number of hydrogen-bond donors (Lipinski definition) is 1. The van der Waals surface area contributed by atoms with Crippen molar-refractivity contribution in [2.75, 3.05) is 4.72 Å². The van der Waals surface area contributed by atoms with Crippen molar-refractivity contribution in [1.29, 1.82) is 0 Å². The molecule has 166 valence electrons. The highest BCUT2D eigenvalue weighted by atomic mass is 35.5. The van der Waals surface area contributed by atoms with Gasteiger partial charge in [-0.25, -0.2) is 8.42 Å². The number of anilines is 1. The van der Waals surface area contributed by atoms with Gasteiger partial charge < -0.3 is 0 Å². The maximum atomic E-state index is 12.9. The highest BCUT2D eigenvalue weighted by Gasteiger charge is 2.39. The zero-order chi connectivity index (χ0) is 23.3.